The standard InChI is InChI=1S/C20H22N4O/c1-20(24-13-18(21)22-14-24,19(25)23-10-4-5-11-23)17-9-8-15-6-2-3-7-16(15)12-17/h2-3,6-9,12-14H,4-5,10-11,21H2,1H3. The molecule has 1 unspecified atom stereocenters. The van der Waals surface area contributed by atoms with E-state index in [9.17, 15) is 4.79 Å². The van der Waals surface area contributed by atoms with Gasteiger partial charge >= 0.3 is 0 Å². The Labute approximate surface area is 147 Å². The first-order valence-electron chi connectivity index (χ1n) is 8.67. The molecule has 2 N–H and O–H groups in total. The van der Waals surface area contributed by atoms with Gasteiger partial charge in [-0.1, -0.05) is 36.4 Å². The number of nitrogens with zero attached hydrogens (tertiary/aromatic N) is 3. The number of hydrogen-bond donors (Lipinski definition) is 1. The normalized spacial score (nSPS) is 16.9. The first-order chi connectivity index (χ1) is 12.1. The number of benzene rings is 2. The monoisotopic (exact) mass is 334 g/mol. The first kappa shape index (κ1) is 15.7. The minimum Gasteiger partial charge on any atom is -0.382 e. The number of anilines is 1. The molecular weight excluding hydrogens is 312 g/mol. The molecule has 1 amide bonds. The summed E-state index contributed by atoms with van der Waals surface area (Å²) < 4.78 is 1.84. The van der Waals surface area contributed by atoms with Crippen LogP contribution in [0.25, 0.3) is 10.8 Å². The van der Waals surface area contributed by atoms with Gasteiger partial charge in [0.15, 0.2) is 0 Å². The van der Waals surface area contributed by atoms with Crippen molar-refractivity contribution in [1.82, 2.24) is 14.5 Å². The number of imidazole rings is 1. The summed E-state index contributed by atoms with van der Waals surface area (Å²) in [6.45, 7) is 3.58. The van der Waals surface area contributed by atoms with E-state index in [2.05, 4.69) is 29.2 Å². The van der Waals surface area contributed by atoms with Crippen molar-refractivity contribution in [2.45, 2.75) is 25.3 Å². The van der Waals surface area contributed by atoms with Crippen LogP contribution in [-0.2, 0) is 10.3 Å². The number of amides is 1. The number of fused-ring (bicyclic) bond motifs is 1. The van der Waals surface area contributed by atoms with Gasteiger partial charge < -0.3 is 15.2 Å². The molecule has 5 heteroatoms. The van der Waals surface area contributed by atoms with E-state index in [0.29, 0.717) is 5.82 Å². The molecule has 4 rings (SSSR count). The van der Waals surface area contributed by atoms with Crippen molar-refractivity contribution in [3.05, 3.63) is 60.6 Å². The lowest BCUT2D eigenvalue weighted by Gasteiger charge is -2.34. The number of aromatic nitrogens is 2. The van der Waals surface area contributed by atoms with Crippen LogP contribution in [-0.4, -0.2) is 33.4 Å². The zero-order valence-electron chi connectivity index (χ0n) is 14.4. The fourth-order valence-corrected chi connectivity index (χ4v) is 3.69. The van der Waals surface area contributed by atoms with E-state index < -0.39 is 5.54 Å². The molecule has 128 valence electrons. The summed E-state index contributed by atoms with van der Waals surface area (Å²) in [6.07, 6.45) is 5.51. The van der Waals surface area contributed by atoms with Crippen LogP contribution in [0.5, 0.6) is 0 Å². The van der Waals surface area contributed by atoms with Gasteiger partial charge in [-0.15, -0.1) is 0 Å². The smallest absolute Gasteiger partial charge is 0.253 e. The molecule has 1 aliphatic heterocycles. The van der Waals surface area contributed by atoms with Crippen LogP contribution in [0.1, 0.15) is 25.3 Å². The van der Waals surface area contributed by atoms with Crippen molar-refractivity contribution >= 4 is 22.5 Å². The van der Waals surface area contributed by atoms with Gasteiger partial charge in [-0.05, 0) is 42.2 Å². The van der Waals surface area contributed by atoms with Crippen molar-refractivity contribution in [3.63, 3.8) is 0 Å². The van der Waals surface area contributed by atoms with Crippen LogP contribution in [0.3, 0.4) is 0 Å². The third-order valence-corrected chi connectivity index (χ3v) is 5.24. The summed E-state index contributed by atoms with van der Waals surface area (Å²) in [5.74, 6) is 0.513. The molecule has 1 aromatic heterocycles. The third-order valence-electron chi connectivity index (χ3n) is 5.24. The summed E-state index contributed by atoms with van der Waals surface area (Å²) in [7, 11) is 0. The van der Waals surface area contributed by atoms with E-state index in [1.54, 1.807) is 12.5 Å². The molecule has 0 radical (unpaired) electrons. The molecular formula is C20H22N4O. The Morgan fingerprint density at radius 1 is 1.12 bits per heavy atom. The number of likely N-dealkylation sites (tertiary alicyclic amines) is 1. The molecule has 0 bridgehead atoms. The van der Waals surface area contributed by atoms with Gasteiger partial charge in [0.2, 0.25) is 0 Å². The van der Waals surface area contributed by atoms with Gasteiger partial charge in [-0.3, -0.25) is 4.79 Å². The Hall–Kier alpha value is -2.82. The SMILES string of the molecule is CC(C(=O)N1CCCC1)(c1ccc2ccccc2c1)n1cnc(N)c1. The van der Waals surface area contributed by atoms with Crippen LogP contribution < -0.4 is 5.73 Å². The zero-order valence-corrected chi connectivity index (χ0v) is 14.4. The van der Waals surface area contributed by atoms with Crippen LogP contribution >= 0.6 is 0 Å². The van der Waals surface area contributed by atoms with Crippen molar-refractivity contribution < 1.29 is 4.79 Å². The second-order valence-corrected chi connectivity index (χ2v) is 6.84. The number of rotatable bonds is 3. The average Bonchev–Trinajstić information content (AvgIpc) is 3.32. The molecule has 0 saturated carbocycles. The van der Waals surface area contributed by atoms with Crippen LogP contribution in [0.2, 0.25) is 0 Å². The highest BCUT2D eigenvalue weighted by Crippen LogP contribution is 2.32. The Morgan fingerprint density at radius 3 is 2.52 bits per heavy atom. The van der Waals surface area contributed by atoms with Crippen molar-refractivity contribution in [2.24, 2.45) is 0 Å². The first-order valence-corrected chi connectivity index (χ1v) is 8.67. The highest BCUT2D eigenvalue weighted by Gasteiger charge is 2.41. The second kappa shape index (κ2) is 5.92. The summed E-state index contributed by atoms with van der Waals surface area (Å²) >= 11 is 0. The molecule has 1 atom stereocenters. The minimum absolute atomic E-state index is 0.0951. The summed E-state index contributed by atoms with van der Waals surface area (Å²) in [5, 5.41) is 2.28. The van der Waals surface area contributed by atoms with Gasteiger partial charge in [-0.2, -0.15) is 0 Å². The Kier molecular flexibility index (Phi) is 3.71. The molecule has 5 nitrogen and oxygen atoms in total. The highest BCUT2D eigenvalue weighted by atomic mass is 16.2. The van der Waals surface area contributed by atoms with Crippen molar-refractivity contribution in [2.75, 3.05) is 18.8 Å². The Bertz CT molecular complexity index is 926. The molecule has 1 fully saturated rings. The largest absolute Gasteiger partial charge is 0.382 e. The Balaban J connectivity index is 1.87. The Morgan fingerprint density at radius 2 is 1.84 bits per heavy atom. The van der Waals surface area contributed by atoms with Gasteiger partial charge in [0.1, 0.15) is 11.4 Å². The third kappa shape index (κ3) is 2.56. The predicted molar refractivity (Wildman–Crippen MR) is 99.2 cm³/mol. The molecule has 0 spiro atoms. The molecule has 2 heterocycles. The lowest BCUT2D eigenvalue weighted by atomic mass is 9.88. The maximum absolute atomic E-state index is 13.4. The molecule has 1 aliphatic rings. The summed E-state index contributed by atoms with van der Waals surface area (Å²) in [4.78, 5) is 19.5. The number of carbonyl (C=O) groups is 1. The van der Waals surface area contributed by atoms with E-state index in [-0.39, 0.29) is 5.91 Å². The molecule has 2 aromatic carbocycles. The molecule has 1 saturated heterocycles. The molecule has 3 aromatic rings. The van der Waals surface area contributed by atoms with E-state index in [4.69, 9.17) is 5.73 Å². The van der Waals surface area contributed by atoms with Crippen LogP contribution in [0.4, 0.5) is 5.82 Å². The predicted octanol–water partition coefficient (Wildman–Crippen LogP) is 3.00. The van der Waals surface area contributed by atoms with E-state index in [1.165, 1.54) is 0 Å². The number of nitrogen functional groups attached to an aromatic ring is 1. The fourth-order valence-electron chi connectivity index (χ4n) is 3.69. The van der Waals surface area contributed by atoms with E-state index in [0.717, 1.165) is 42.3 Å². The lowest BCUT2D eigenvalue weighted by molar-refractivity contribution is -0.137. The van der Waals surface area contributed by atoms with E-state index in [1.807, 2.05) is 34.6 Å². The second-order valence-electron chi connectivity index (χ2n) is 6.84. The minimum atomic E-state index is -0.862. The number of carbonyl (C=O) groups excluding carboxylic acids is 1. The number of nitrogens with two attached hydrogens (primary N) is 1. The van der Waals surface area contributed by atoms with Crippen molar-refractivity contribution in [3.8, 4) is 0 Å². The fraction of sp³-hybridized carbons (Fsp3) is 0.300. The summed E-state index contributed by atoms with van der Waals surface area (Å²) in [5.41, 5.74) is 5.92. The van der Waals surface area contributed by atoms with Gasteiger partial charge in [-0.25, -0.2) is 4.98 Å². The topological polar surface area (TPSA) is 64.2 Å². The van der Waals surface area contributed by atoms with Gasteiger partial charge in [0.05, 0.1) is 6.33 Å². The number of hydrogen-bond acceptors (Lipinski definition) is 3. The summed E-state index contributed by atoms with van der Waals surface area (Å²) in [6, 6.07) is 14.4. The maximum Gasteiger partial charge on any atom is 0.253 e. The molecule has 0 aliphatic carbocycles. The van der Waals surface area contributed by atoms with Crippen molar-refractivity contribution in [1.29, 1.82) is 0 Å². The maximum atomic E-state index is 13.4. The van der Waals surface area contributed by atoms with Gasteiger partial charge in [0, 0.05) is 19.3 Å². The van der Waals surface area contributed by atoms with Crippen LogP contribution in [0.15, 0.2) is 55.0 Å². The average molecular weight is 334 g/mol. The zero-order chi connectivity index (χ0) is 17.4. The molecule has 25 heavy (non-hydrogen) atoms. The lowest BCUT2D eigenvalue weighted by Crippen LogP contribution is -2.48. The van der Waals surface area contributed by atoms with Gasteiger partial charge in [0.25, 0.3) is 5.91 Å². The quantitative estimate of drug-likeness (QED) is 0.801. The van der Waals surface area contributed by atoms with E-state index >= 15 is 0 Å². The van der Waals surface area contributed by atoms with Crippen LogP contribution in [0, 0.1) is 0 Å². The highest BCUT2D eigenvalue weighted by molar-refractivity contribution is 5.91.